The number of hydrogen-bond acceptors (Lipinski definition) is 4. The topological polar surface area (TPSA) is 21.8 Å². The van der Waals surface area contributed by atoms with Gasteiger partial charge in [0.15, 0.2) is 0 Å². The molecule has 0 saturated heterocycles. The van der Waals surface area contributed by atoms with Gasteiger partial charge in [-0.05, 0) is 119 Å². The normalized spacial score (nSPS) is 11.5. The molecule has 0 rings (SSSR count). The van der Waals surface area contributed by atoms with Gasteiger partial charge in [0.25, 0.3) is 0 Å². The van der Waals surface area contributed by atoms with Crippen molar-refractivity contribution in [2.75, 3.05) is 74.0 Å². The molecule has 4 nitrogen and oxygen atoms in total. The lowest BCUT2D eigenvalue weighted by atomic mass is 10.0. The Morgan fingerprint density at radius 2 is 0.190 bits per heavy atom. The first-order valence-corrected chi connectivity index (χ1v) is 56.0. The van der Waals surface area contributed by atoms with Crippen LogP contribution in [0.25, 0.3) is 0 Å². The molecule has 1 N–H and O–H groups in total. The van der Waals surface area contributed by atoms with E-state index >= 15 is 0 Å². The van der Waals surface area contributed by atoms with Gasteiger partial charge in [-0.2, -0.15) is 0 Å². The fourth-order valence-electron chi connectivity index (χ4n) is 17.6. The molecule has 0 fully saturated rings. The molecule has 0 unspecified atom stereocenters. The summed E-state index contributed by atoms with van der Waals surface area (Å²) in [6.45, 7) is 25.2. The van der Waals surface area contributed by atoms with E-state index in [9.17, 15) is 0 Å². The zero-order valence-electron chi connectivity index (χ0n) is 84.3. The highest BCUT2D eigenvalue weighted by atomic mass is 15.1. The van der Waals surface area contributed by atoms with Crippen molar-refractivity contribution in [2.24, 2.45) is 0 Å². The van der Waals surface area contributed by atoms with Gasteiger partial charge in [0.05, 0.1) is 0 Å². The third-order valence-electron chi connectivity index (χ3n) is 26.1. The SMILES string of the molecule is CCCCCCCCCCCCCCCCCCN(C)CCCCCCCCCCCCCCCCCC.CCCCCCCCCCCCCCCCN(C)CCCCCCCCCCCCCCCC.CCCCCCCCCCCCCCN(C)CCCCCCCCCCCCCC.CCCCCCCCCCCCNC. The number of hydrogen-bond donors (Lipinski definition) is 1. The Hall–Kier alpha value is -0.160. The van der Waals surface area contributed by atoms with E-state index in [1.807, 2.05) is 7.05 Å². The van der Waals surface area contributed by atoms with Crippen molar-refractivity contribution < 1.29 is 0 Å². The first kappa shape index (κ1) is 122. The van der Waals surface area contributed by atoms with Crippen LogP contribution < -0.4 is 5.32 Å². The molecule has 0 atom stereocenters. The Morgan fingerprint density at radius 1 is 0.112 bits per heavy atom. The van der Waals surface area contributed by atoms with E-state index in [4.69, 9.17) is 0 Å². The number of nitrogens with one attached hydrogen (secondary N) is 1. The van der Waals surface area contributed by atoms with E-state index in [2.05, 4.69) is 89.6 Å². The van der Waals surface area contributed by atoms with Crippen LogP contribution in [-0.2, 0) is 0 Å². The molecule has 704 valence electrons. The fraction of sp³-hybridized carbons (Fsp3) is 1.00. The first-order valence-electron chi connectivity index (χ1n) is 56.0. The van der Waals surface area contributed by atoms with Crippen LogP contribution in [0.15, 0.2) is 0 Å². The first-order chi connectivity index (χ1) is 57.3. The summed E-state index contributed by atoms with van der Waals surface area (Å²) in [6.07, 6.45) is 137. The van der Waals surface area contributed by atoms with Crippen LogP contribution in [-0.4, -0.2) is 88.7 Å². The standard InChI is InChI=1S/C37H77N.C33H69N.C29H61N.C13H29N/c1-4-6-8-10-12-14-16-18-20-22-24-26-28-30-32-34-36-38(3)37-35-33-31-29-27-25-23-21-19-17-15-13-11-9-7-5-2;1-4-6-8-10-12-14-16-18-20-22-24-26-28-30-32-34(3)33-31-29-27-25-23-21-19-17-15-13-11-9-7-5-2;1-4-6-8-10-12-14-16-18-20-22-24-26-28-30(3)29-27-25-23-21-19-17-15-13-11-9-7-5-2;1-3-4-5-6-7-8-9-10-11-12-13-14-2/h4-37H2,1-3H3;4-33H2,1-3H3;4-29H2,1-3H3;14H,3-13H2,1-2H3. The Morgan fingerprint density at radius 3 is 0.276 bits per heavy atom. The van der Waals surface area contributed by atoms with Crippen LogP contribution in [0.3, 0.4) is 0 Å². The molecule has 0 aliphatic rings. The maximum absolute atomic E-state index is 3.19. The third-order valence-corrected chi connectivity index (χ3v) is 26.1. The van der Waals surface area contributed by atoms with Gasteiger partial charge in [-0.25, -0.2) is 0 Å². The van der Waals surface area contributed by atoms with Gasteiger partial charge >= 0.3 is 0 Å². The van der Waals surface area contributed by atoms with Crippen molar-refractivity contribution in [2.45, 2.75) is 652 Å². The molecule has 0 aliphatic carbocycles. The zero-order valence-corrected chi connectivity index (χ0v) is 84.3. The van der Waals surface area contributed by atoms with Gasteiger partial charge in [0.1, 0.15) is 0 Å². The minimum atomic E-state index is 1.19. The average molecular weight is 1640 g/mol. The molecule has 0 saturated carbocycles. The second kappa shape index (κ2) is 121. The highest BCUT2D eigenvalue weighted by Gasteiger charge is 2.06. The molecule has 4 heteroatoms. The fourth-order valence-corrected chi connectivity index (χ4v) is 17.6. The summed E-state index contributed by atoms with van der Waals surface area (Å²) >= 11 is 0. The Balaban J connectivity index is -0.000000751. The van der Waals surface area contributed by atoms with E-state index < -0.39 is 0 Å². The summed E-state index contributed by atoms with van der Waals surface area (Å²) in [7, 11) is 9.05. The van der Waals surface area contributed by atoms with Crippen LogP contribution in [0.2, 0.25) is 0 Å². The largest absolute Gasteiger partial charge is 0.320 e. The highest BCUT2D eigenvalue weighted by Crippen LogP contribution is 2.21. The predicted molar refractivity (Wildman–Crippen MR) is 540 cm³/mol. The lowest BCUT2D eigenvalue weighted by Gasteiger charge is -2.16. The van der Waals surface area contributed by atoms with Crippen molar-refractivity contribution in [3.05, 3.63) is 0 Å². The lowest BCUT2D eigenvalue weighted by molar-refractivity contribution is 0.314. The van der Waals surface area contributed by atoms with Crippen molar-refractivity contribution in [3.8, 4) is 0 Å². The van der Waals surface area contributed by atoms with E-state index in [-0.39, 0.29) is 0 Å². The Kier molecular flexibility index (Phi) is 128. The molecule has 0 aromatic carbocycles. The summed E-state index contributed by atoms with van der Waals surface area (Å²) in [6, 6.07) is 0. The van der Waals surface area contributed by atoms with Crippen molar-refractivity contribution in [1.29, 1.82) is 0 Å². The van der Waals surface area contributed by atoms with Crippen LogP contribution in [0.1, 0.15) is 652 Å². The van der Waals surface area contributed by atoms with Crippen LogP contribution >= 0.6 is 0 Å². The Labute approximate surface area is 741 Å². The highest BCUT2D eigenvalue weighted by molar-refractivity contribution is 4.62. The number of rotatable bonds is 101. The molecule has 116 heavy (non-hydrogen) atoms. The summed E-state index contributed by atoms with van der Waals surface area (Å²) in [5.74, 6) is 0. The molecule has 0 amide bonds. The van der Waals surface area contributed by atoms with Crippen molar-refractivity contribution in [1.82, 2.24) is 20.0 Å². The maximum Gasteiger partial charge on any atom is -0.00218 e. The molecule has 0 heterocycles. The molecule has 0 aliphatic heterocycles. The average Bonchev–Trinajstić information content (AvgIpc) is 1.13. The number of unbranched alkanes of at least 4 members (excludes halogenated alkanes) is 87. The summed E-state index contributed by atoms with van der Waals surface area (Å²) in [4.78, 5) is 7.75. The van der Waals surface area contributed by atoms with Crippen molar-refractivity contribution in [3.63, 3.8) is 0 Å². The lowest BCUT2D eigenvalue weighted by Crippen LogP contribution is -2.20. The molecule has 0 radical (unpaired) electrons. The summed E-state index contributed by atoms with van der Waals surface area (Å²) in [5.41, 5.74) is 0. The molecule has 0 bridgehead atoms. The smallest absolute Gasteiger partial charge is 0.00218 e. The van der Waals surface area contributed by atoms with Gasteiger partial charge in [0, 0.05) is 0 Å². The third kappa shape index (κ3) is 127. The second-order valence-electron chi connectivity index (χ2n) is 38.8. The molecular weight excluding hydrogens is 1400 g/mol. The number of nitrogens with zero attached hydrogens (tertiary/aromatic N) is 3. The monoisotopic (exact) mass is 1640 g/mol. The van der Waals surface area contributed by atoms with Gasteiger partial charge in [-0.15, -0.1) is 0 Å². The van der Waals surface area contributed by atoms with Gasteiger partial charge in [-0.1, -0.05) is 607 Å². The van der Waals surface area contributed by atoms with E-state index in [1.165, 1.54) is 649 Å². The quantitative estimate of drug-likeness (QED) is 0.0613. The van der Waals surface area contributed by atoms with Gasteiger partial charge in [-0.3, -0.25) is 0 Å². The van der Waals surface area contributed by atoms with Gasteiger partial charge in [0.2, 0.25) is 0 Å². The van der Waals surface area contributed by atoms with E-state index in [0.29, 0.717) is 0 Å². The summed E-state index contributed by atoms with van der Waals surface area (Å²) in [5, 5.41) is 3.19. The molecule has 0 aromatic rings. The molecule has 0 aromatic heterocycles. The summed E-state index contributed by atoms with van der Waals surface area (Å²) < 4.78 is 0. The minimum absolute atomic E-state index is 1.19. The predicted octanol–water partition coefficient (Wildman–Crippen LogP) is 39.8. The van der Waals surface area contributed by atoms with Gasteiger partial charge < -0.3 is 20.0 Å². The van der Waals surface area contributed by atoms with Crippen LogP contribution in [0.4, 0.5) is 0 Å². The maximum atomic E-state index is 3.19. The second-order valence-corrected chi connectivity index (χ2v) is 38.8. The van der Waals surface area contributed by atoms with E-state index in [1.54, 1.807) is 0 Å². The molecular formula is C112H236N4. The molecule has 0 spiro atoms. The van der Waals surface area contributed by atoms with Crippen LogP contribution in [0, 0.1) is 0 Å². The van der Waals surface area contributed by atoms with Crippen molar-refractivity contribution >= 4 is 0 Å². The Bertz CT molecular complexity index is 1430. The minimum Gasteiger partial charge on any atom is -0.320 e. The van der Waals surface area contributed by atoms with Crippen LogP contribution in [0.5, 0.6) is 0 Å². The van der Waals surface area contributed by atoms with E-state index in [0.717, 1.165) is 0 Å². The zero-order chi connectivity index (χ0) is 84.9.